The van der Waals surface area contributed by atoms with Crippen molar-refractivity contribution in [3.8, 4) is 0 Å². The Labute approximate surface area is 132 Å². The molecular weight excluding hydrogens is 362 g/mol. The van der Waals surface area contributed by atoms with Crippen LogP contribution in [0, 0.1) is 16.0 Å². The van der Waals surface area contributed by atoms with E-state index in [9.17, 15) is 18.5 Å². The predicted octanol–water partition coefficient (Wildman–Crippen LogP) is 2.01. The van der Waals surface area contributed by atoms with E-state index in [2.05, 4.69) is 20.7 Å². The Balaban J connectivity index is 3.02. The molecule has 9 heteroatoms. The van der Waals surface area contributed by atoms with Gasteiger partial charge in [-0.2, -0.15) is 0 Å². The Bertz CT molecular complexity index is 619. The monoisotopic (exact) mass is 379 g/mol. The van der Waals surface area contributed by atoms with E-state index in [-0.39, 0.29) is 27.6 Å². The van der Waals surface area contributed by atoms with E-state index < -0.39 is 14.9 Å². The molecule has 0 heterocycles. The summed E-state index contributed by atoms with van der Waals surface area (Å²) in [6.07, 6.45) is 0.615. The van der Waals surface area contributed by atoms with Gasteiger partial charge in [0.25, 0.3) is 5.69 Å². The Morgan fingerprint density at radius 3 is 2.48 bits per heavy atom. The molecule has 0 fully saturated rings. The molecule has 0 amide bonds. The van der Waals surface area contributed by atoms with Crippen molar-refractivity contribution in [1.29, 1.82) is 0 Å². The fourth-order valence-electron chi connectivity index (χ4n) is 1.85. The molecule has 0 saturated carbocycles. The summed E-state index contributed by atoms with van der Waals surface area (Å²) in [6, 6.07) is 3.19. The molecule has 1 aromatic rings. The van der Waals surface area contributed by atoms with E-state index in [4.69, 9.17) is 5.73 Å². The molecule has 0 radical (unpaired) electrons. The molecule has 7 nitrogen and oxygen atoms in total. The average molecular weight is 380 g/mol. The molecule has 21 heavy (non-hydrogen) atoms. The maximum Gasteiger partial charge on any atom is 0.283 e. The van der Waals surface area contributed by atoms with Crippen molar-refractivity contribution >= 4 is 31.6 Å². The van der Waals surface area contributed by atoms with Gasteiger partial charge < -0.3 is 5.73 Å². The van der Waals surface area contributed by atoms with Crippen LogP contribution >= 0.6 is 15.9 Å². The number of sulfonamides is 1. The lowest BCUT2D eigenvalue weighted by molar-refractivity contribution is -0.385. The first-order valence-electron chi connectivity index (χ1n) is 6.33. The molecule has 0 spiro atoms. The molecule has 0 bridgehead atoms. The molecule has 3 N–H and O–H groups in total. The van der Waals surface area contributed by atoms with Gasteiger partial charge in [-0.05, 0) is 40.4 Å². The number of benzene rings is 1. The zero-order valence-electron chi connectivity index (χ0n) is 11.7. The van der Waals surface area contributed by atoms with Crippen LogP contribution in [0.1, 0.15) is 20.3 Å². The molecule has 0 aliphatic rings. The minimum Gasteiger partial charge on any atom is -0.329 e. The first-order valence-corrected chi connectivity index (χ1v) is 8.61. The minimum atomic E-state index is -3.76. The third-order valence-electron chi connectivity index (χ3n) is 2.79. The van der Waals surface area contributed by atoms with Gasteiger partial charge in [0.1, 0.15) is 0 Å². The Morgan fingerprint density at radius 1 is 1.43 bits per heavy atom. The quantitative estimate of drug-likeness (QED) is 0.555. The highest BCUT2D eigenvalue weighted by Crippen LogP contribution is 2.27. The molecular formula is C12H18BrN3O4S. The molecule has 1 rings (SSSR count). The van der Waals surface area contributed by atoms with Crippen LogP contribution in [-0.2, 0) is 10.0 Å². The second-order valence-corrected chi connectivity index (χ2v) is 7.62. The largest absolute Gasteiger partial charge is 0.329 e. The average Bonchev–Trinajstić information content (AvgIpc) is 2.36. The van der Waals surface area contributed by atoms with Crippen molar-refractivity contribution in [2.75, 3.05) is 6.54 Å². The topological polar surface area (TPSA) is 115 Å². The standard InChI is InChI=1S/C12H18BrN3O4S/c1-8(2)5-9(7-14)15-21(19,20)10-3-4-12(16(17)18)11(13)6-10/h3-4,6,8-9,15H,5,7,14H2,1-2H3. The van der Waals surface area contributed by atoms with Gasteiger partial charge in [0.05, 0.1) is 14.3 Å². The molecule has 0 saturated heterocycles. The third kappa shape index (κ3) is 5.03. The number of halogens is 1. The van der Waals surface area contributed by atoms with Crippen LogP contribution in [0.5, 0.6) is 0 Å². The Kier molecular flexibility index (Phi) is 6.26. The SMILES string of the molecule is CC(C)CC(CN)NS(=O)(=O)c1ccc([N+](=O)[O-])c(Br)c1. The zero-order chi connectivity index (χ0) is 16.2. The third-order valence-corrected chi connectivity index (χ3v) is 4.94. The molecule has 0 aliphatic carbocycles. The highest BCUT2D eigenvalue weighted by Gasteiger charge is 2.22. The van der Waals surface area contributed by atoms with Crippen molar-refractivity contribution in [3.05, 3.63) is 32.8 Å². The minimum absolute atomic E-state index is 0.0396. The van der Waals surface area contributed by atoms with E-state index in [1.54, 1.807) is 0 Å². The molecule has 1 unspecified atom stereocenters. The van der Waals surface area contributed by atoms with Crippen molar-refractivity contribution in [1.82, 2.24) is 4.72 Å². The van der Waals surface area contributed by atoms with E-state index in [1.807, 2.05) is 13.8 Å². The van der Waals surface area contributed by atoms with Crippen LogP contribution in [0.3, 0.4) is 0 Å². The van der Waals surface area contributed by atoms with Gasteiger partial charge in [-0.1, -0.05) is 13.8 Å². The number of rotatable bonds is 7. The summed E-state index contributed by atoms with van der Waals surface area (Å²) < 4.78 is 27.2. The number of hydrogen-bond acceptors (Lipinski definition) is 5. The number of nitro benzene ring substituents is 1. The fourth-order valence-corrected chi connectivity index (χ4v) is 3.81. The van der Waals surface area contributed by atoms with Crippen LogP contribution in [0.2, 0.25) is 0 Å². The second kappa shape index (κ2) is 7.30. The normalized spacial score (nSPS) is 13.4. The summed E-state index contributed by atoms with van der Waals surface area (Å²) in [5.74, 6) is 0.296. The molecule has 118 valence electrons. The van der Waals surface area contributed by atoms with E-state index >= 15 is 0 Å². The van der Waals surface area contributed by atoms with Crippen LogP contribution in [0.25, 0.3) is 0 Å². The van der Waals surface area contributed by atoms with Crippen LogP contribution in [0.15, 0.2) is 27.6 Å². The molecule has 0 aliphatic heterocycles. The lowest BCUT2D eigenvalue weighted by Crippen LogP contribution is -2.40. The second-order valence-electron chi connectivity index (χ2n) is 5.05. The number of nitrogens with zero attached hydrogens (tertiary/aromatic N) is 1. The number of nitrogens with one attached hydrogen (secondary N) is 1. The van der Waals surface area contributed by atoms with Gasteiger partial charge in [0.2, 0.25) is 10.0 Å². The van der Waals surface area contributed by atoms with Crippen molar-refractivity contribution < 1.29 is 13.3 Å². The molecule has 0 aromatic heterocycles. The summed E-state index contributed by atoms with van der Waals surface area (Å²) in [7, 11) is -3.76. The van der Waals surface area contributed by atoms with Gasteiger partial charge in [0.15, 0.2) is 0 Å². The van der Waals surface area contributed by atoms with Crippen LogP contribution < -0.4 is 10.5 Å². The van der Waals surface area contributed by atoms with E-state index in [0.717, 1.165) is 6.07 Å². The van der Waals surface area contributed by atoms with Crippen LogP contribution in [0.4, 0.5) is 5.69 Å². The predicted molar refractivity (Wildman–Crippen MR) is 83.4 cm³/mol. The van der Waals surface area contributed by atoms with E-state index in [1.165, 1.54) is 12.1 Å². The lowest BCUT2D eigenvalue weighted by atomic mass is 10.1. The van der Waals surface area contributed by atoms with Crippen molar-refractivity contribution in [2.45, 2.75) is 31.2 Å². The maximum atomic E-state index is 12.3. The number of nitrogens with two attached hydrogens (primary N) is 1. The fraction of sp³-hybridized carbons (Fsp3) is 0.500. The summed E-state index contributed by atoms with van der Waals surface area (Å²) in [4.78, 5) is 10.1. The Morgan fingerprint density at radius 2 is 2.05 bits per heavy atom. The first kappa shape index (κ1) is 18.0. The van der Waals surface area contributed by atoms with Gasteiger partial charge >= 0.3 is 0 Å². The van der Waals surface area contributed by atoms with Gasteiger partial charge in [0, 0.05) is 18.7 Å². The van der Waals surface area contributed by atoms with E-state index in [0.29, 0.717) is 12.3 Å². The summed E-state index contributed by atoms with van der Waals surface area (Å²) in [5, 5.41) is 10.7. The zero-order valence-corrected chi connectivity index (χ0v) is 14.1. The maximum absolute atomic E-state index is 12.3. The Hall–Kier alpha value is -1.03. The molecule has 1 atom stereocenters. The first-order chi connectivity index (χ1) is 9.67. The van der Waals surface area contributed by atoms with Gasteiger partial charge in [-0.25, -0.2) is 13.1 Å². The van der Waals surface area contributed by atoms with Crippen molar-refractivity contribution in [3.63, 3.8) is 0 Å². The summed E-state index contributed by atoms with van der Waals surface area (Å²) in [6.45, 7) is 4.13. The highest BCUT2D eigenvalue weighted by atomic mass is 79.9. The number of nitro groups is 1. The molecule has 1 aromatic carbocycles. The summed E-state index contributed by atoms with van der Waals surface area (Å²) >= 11 is 3.01. The smallest absolute Gasteiger partial charge is 0.283 e. The highest BCUT2D eigenvalue weighted by molar-refractivity contribution is 9.10. The van der Waals surface area contributed by atoms with Gasteiger partial charge in [-0.15, -0.1) is 0 Å². The lowest BCUT2D eigenvalue weighted by Gasteiger charge is -2.18. The van der Waals surface area contributed by atoms with Gasteiger partial charge in [-0.3, -0.25) is 10.1 Å². The summed E-state index contributed by atoms with van der Waals surface area (Å²) in [5.41, 5.74) is 5.39. The van der Waals surface area contributed by atoms with Crippen LogP contribution in [-0.4, -0.2) is 25.9 Å². The van der Waals surface area contributed by atoms with Crippen molar-refractivity contribution in [2.24, 2.45) is 11.7 Å². The number of hydrogen-bond donors (Lipinski definition) is 2.